The van der Waals surface area contributed by atoms with Gasteiger partial charge in [0, 0.05) is 31.2 Å². The number of hydrogen-bond acceptors (Lipinski definition) is 5. The van der Waals surface area contributed by atoms with Crippen LogP contribution in [0.4, 0.5) is 8.78 Å². The predicted molar refractivity (Wildman–Crippen MR) is 122 cm³/mol. The average Bonchev–Trinajstić information content (AvgIpc) is 3.62. The number of halogens is 2. The SMILES string of the molecule is CC(=O)NC(C)c1ccc(OCc2c(F)cc(Oc3cccc(OCC4CC4)n3)cc2F)cc1. The standard InChI is InChI=1S/C26H26F2N2O4/c1-16(29-17(2)31)19-8-10-20(11-9-19)32-15-22-23(27)12-21(13-24(22)28)34-26-5-3-4-25(30-26)33-14-18-6-7-18/h3-5,8-13,16,18H,6-7,14-15H2,1-2H3,(H,29,31). The summed E-state index contributed by atoms with van der Waals surface area (Å²) in [7, 11) is 0. The Kier molecular flexibility index (Phi) is 7.25. The van der Waals surface area contributed by atoms with Gasteiger partial charge in [-0.1, -0.05) is 18.2 Å². The quantitative estimate of drug-likeness (QED) is 0.412. The summed E-state index contributed by atoms with van der Waals surface area (Å²) < 4.78 is 45.9. The van der Waals surface area contributed by atoms with Gasteiger partial charge < -0.3 is 19.5 Å². The van der Waals surface area contributed by atoms with E-state index in [9.17, 15) is 13.6 Å². The minimum atomic E-state index is -0.785. The van der Waals surface area contributed by atoms with Gasteiger partial charge in [-0.25, -0.2) is 8.78 Å². The van der Waals surface area contributed by atoms with Gasteiger partial charge in [0.15, 0.2) is 0 Å². The van der Waals surface area contributed by atoms with Crippen molar-refractivity contribution in [3.8, 4) is 23.3 Å². The third-order valence-corrected chi connectivity index (χ3v) is 5.38. The van der Waals surface area contributed by atoms with E-state index in [0.29, 0.717) is 24.2 Å². The maximum absolute atomic E-state index is 14.6. The lowest BCUT2D eigenvalue weighted by Gasteiger charge is -2.14. The van der Waals surface area contributed by atoms with E-state index in [1.165, 1.54) is 6.92 Å². The number of rotatable bonds is 10. The number of nitrogens with zero attached hydrogens (tertiary/aromatic N) is 1. The number of amides is 1. The molecule has 1 heterocycles. The number of carbonyl (C=O) groups excluding carboxylic acids is 1. The van der Waals surface area contributed by atoms with Crippen molar-refractivity contribution in [2.24, 2.45) is 5.92 Å². The molecule has 1 aliphatic carbocycles. The van der Waals surface area contributed by atoms with Gasteiger partial charge in [-0.3, -0.25) is 4.79 Å². The van der Waals surface area contributed by atoms with Crippen molar-refractivity contribution in [1.29, 1.82) is 0 Å². The molecule has 1 saturated carbocycles. The average molecular weight is 469 g/mol. The maximum Gasteiger partial charge on any atom is 0.222 e. The smallest absolute Gasteiger partial charge is 0.222 e. The minimum Gasteiger partial charge on any atom is -0.489 e. The molecule has 178 valence electrons. The molecule has 6 nitrogen and oxygen atoms in total. The summed E-state index contributed by atoms with van der Waals surface area (Å²) in [4.78, 5) is 15.4. The van der Waals surface area contributed by atoms with Crippen LogP contribution in [0.2, 0.25) is 0 Å². The first-order valence-electron chi connectivity index (χ1n) is 11.1. The zero-order valence-electron chi connectivity index (χ0n) is 19.0. The van der Waals surface area contributed by atoms with Crippen LogP contribution in [-0.2, 0) is 11.4 Å². The molecule has 1 fully saturated rings. The molecule has 1 amide bonds. The highest BCUT2D eigenvalue weighted by Crippen LogP contribution is 2.30. The number of nitrogens with one attached hydrogen (secondary N) is 1. The lowest BCUT2D eigenvalue weighted by atomic mass is 10.1. The first-order chi connectivity index (χ1) is 16.4. The van der Waals surface area contributed by atoms with Gasteiger partial charge in [0.1, 0.15) is 29.7 Å². The minimum absolute atomic E-state index is 0.0121. The fraction of sp³-hybridized carbons (Fsp3) is 0.308. The molecular formula is C26H26F2N2O4. The van der Waals surface area contributed by atoms with E-state index in [0.717, 1.165) is 30.5 Å². The zero-order valence-corrected chi connectivity index (χ0v) is 19.0. The Morgan fingerprint density at radius 2 is 1.71 bits per heavy atom. The number of carbonyl (C=O) groups is 1. The van der Waals surface area contributed by atoms with Crippen molar-refractivity contribution < 1.29 is 27.8 Å². The van der Waals surface area contributed by atoms with E-state index < -0.39 is 11.6 Å². The van der Waals surface area contributed by atoms with Crippen molar-refractivity contribution in [3.05, 3.63) is 77.4 Å². The summed E-state index contributed by atoms with van der Waals surface area (Å²) in [6, 6.07) is 14.0. The monoisotopic (exact) mass is 468 g/mol. The van der Waals surface area contributed by atoms with Crippen LogP contribution < -0.4 is 19.5 Å². The fourth-order valence-corrected chi connectivity index (χ4v) is 3.31. The summed E-state index contributed by atoms with van der Waals surface area (Å²) in [5.41, 5.74) is 0.676. The molecule has 34 heavy (non-hydrogen) atoms. The molecule has 1 atom stereocenters. The van der Waals surface area contributed by atoms with Crippen LogP contribution in [0.1, 0.15) is 43.9 Å². The highest BCUT2D eigenvalue weighted by Gasteiger charge is 2.22. The molecule has 4 rings (SSSR count). The molecule has 0 aliphatic heterocycles. The second-order valence-corrected chi connectivity index (χ2v) is 8.32. The fourth-order valence-electron chi connectivity index (χ4n) is 3.31. The summed E-state index contributed by atoms with van der Waals surface area (Å²) in [5, 5.41) is 2.79. The van der Waals surface area contributed by atoms with Crippen LogP contribution in [0, 0.1) is 17.6 Å². The Bertz CT molecular complexity index is 1130. The van der Waals surface area contributed by atoms with Crippen molar-refractivity contribution in [2.75, 3.05) is 6.61 Å². The molecule has 0 spiro atoms. The molecule has 0 bridgehead atoms. The lowest BCUT2D eigenvalue weighted by molar-refractivity contribution is -0.119. The van der Waals surface area contributed by atoms with E-state index in [1.54, 1.807) is 42.5 Å². The van der Waals surface area contributed by atoms with Crippen molar-refractivity contribution in [3.63, 3.8) is 0 Å². The second kappa shape index (κ2) is 10.5. The van der Waals surface area contributed by atoms with Crippen LogP contribution in [0.5, 0.6) is 23.3 Å². The normalized spacial score (nSPS) is 13.8. The maximum atomic E-state index is 14.6. The molecule has 8 heteroatoms. The molecule has 1 aliphatic rings. The van der Waals surface area contributed by atoms with E-state index in [4.69, 9.17) is 14.2 Å². The molecular weight excluding hydrogens is 442 g/mol. The van der Waals surface area contributed by atoms with Crippen LogP contribution in [0.15, 0.2) is 54.6 Å². The van der Waals surface area contributed by atoms with Crippen LogP contribution in [0.3, 0.4) is 0 Å². The van der Waals surface area contributed by atoms with Crippen LogP contribution >= 0.6 is 0 Å². The first-order valence-corrected chi connectivity index (χ1v) is 11.1. The van der Waals surface area contributed by atoms with Gasteiger partial charge in [0.25, 0.3) is 0 Å². The lowest BCUT2D eigenvalue weighted by Crippen LogP contribution is -2.23. The Morgan fingerprint density at radius 1 is 1.03 bits per heavy atom. The van der Waals surface area contributed by atoms with E-state index in [1.807, 2.05) is 6.92 Å². The Balaban J connectivity index is 1.37. The third-order valence-electron chi connectivity index (χ3n) is 5.38. The molecule has 1 N–H and O–H groups in total. The van der Waals surface area contributed by atoms with Crippen molar-refractivity contribution in [2.45, 2.75) is 39.3 Å². The summed E-state index contributed by atoms with van der Waals surface area (Å²) in [6.07, 6.45) is 2.32. The molecule has 2 aromatic carbocycles. The molecule has 3 aromatic rings. The molecule has 1 aromatic heterocycles. The second-order valence-electron chi connectivity index (χ2n) is 8.32. The van der Waals surface area contributed by atoms with Gasteiger partial charge in [0.2, 0.25) is 17.7 Å². The molecule has 0 radical (unpaired) electrons. The van der Waals surface area contributed by atoms with Gasteiger partial charge in [0.05, 0.1) is 18.2 Å². The predicted octanol–water partition coefficient (Wildman–Crippen LogP) is 5.72. The zero-order chi connectivity index (χ0) is 24.1. The molecule has 0 saturated heterocycles. The Hall–Kier alpha value is -3.68. The number of hydrogen-bond donors (Lipinski definition) is 1. The van der Waals surface area contributed by atoms with E-state index in [-0.39, 0.29) is 35.7 Å². The van der Waals surface area contributed by atoms with Gasteiger partial charge in [-0.2, -0.15) is 4.98 Å². The largest absolute Gasteiger partial charge is 0.489 e. The summed E-state index contributed by atoms with van der Waals surface area (Å²) >= 11 is 0. The summed E-state index contributed by atoms with van der Waals surface area (Å²) in [6.45, 7) is 3.62. The molecule has 1 unspecified atom stereocenters. The van der Waals surface area contributed by atoms with Gasteiger partial charge in [-0.15, -0.1) is 0 Å². The van der Waals surface area contributed by atoms with E-state index in [2.05, 4.69) is 10.3 Å². The van der Waals surface area contributed by atoms with Crippen molar-refractivity contribution in [1.82, 2.24) is 10.3 Å². The Morgan fingerprint density at radius 3 is 2.35 bits per heavy atom. The van der Waals surface area contributed by atoms with Gasteiger partial charge >= 0.3 is 0 Å². The summed E-state index contributed by atoms with van der Waals surface area (Å²) in [5.74, 6) is -0.0882. The van der Waals surface area contributed by atoms with E-state index >= 15 is 0 Å². The number of aromatic nitrogens is 1. The highest BCUT2D eigenvalue weighted by atomic mass is 19.1. The van der Waals surface area contributed by atoms with Crippen LogP contribution in [-0.4, -0.2) is 17.5 Å². The highest BCUT2D eigenvalue weighted by molar-refractivity contribution is 5.73. The first kappa shape index (κ1) is 23.5. The number of benzene rings is 2. The van der Waals surface area contributed by atoms with Crippen molar-refractivity contribution >= 4 is 5.91 Å². The topological polar surface area (TPSA) is 69.7 Å². The Labute approximate surface area is 196 Å². The third kappa shape index (κ3) is 6.43. The van der Waals surface area contributed by atoms with Gasteiger partial charge in [-0.05, 0) is 43.4 Å². The number of ether oxygens (including phenoxy) is 3. The van der Waals surface area contributed by atoms with Crippen LogP contribution in [0.25, 0.3) is 0 Å². The number of pyridine rings is 1.